The predicted octanol–water partition coefficient (Wildman–Crippen LogP) is 8.81. The summed E-state index contributed by atoms with van der Waals surface area (Å²) in [5, 5.41) is 35.5. The van der Waals surface area contributed by atoms with E-state index in [4.69, 9.17) is 10.2 Å². The van der Waals surface area contributed by atoms with Gasteiger partial charge in [0.15, 0.2) is 0 Å². The molecular weight excluding hydrogens is 823 g/mol. The minimum absolute atomic E-state index is 0.00531. The summed E-state index contributed by atoms with van der Waals surface area (Å²) in [7, 11) is 0. The molecule has 0 radical (unpaired) electrons. The van der Waals surface area contributed by atoms with E-state index in [0.29, 0.717) is 96.7 Å². The molecule has 0 unspecified atom stereocenters. The molecule has 3 amide bonds. The second-order valence-corrected chi connectivity index (χ2v) is 17.6. The second-order valence-electron chi connectivity index (χ2n) is 17.6. The lowest BCUT2D eigenvalue weighted by molar-refractivity contribution is -0.144. The average molecular weight is 908 g/mol. The Balaban J connectivity index is 3.78. The van der Waals surface area contributed by atoms with Gasteiger partial charge in [-0.2, -0.15) is 0 Å². The molecule has 0 aromatic carbocycles. The number of carboxylic acids is 3. The smallest absolute Gasteiger partial charge is 0.306 e. The lowest BCUT2D eigenvalue weighted by Gasteiger charge is -2.12. The van der Waals surface area contributed by atoms with Gasteiger partial charge in [0, 0.05) is 83.8 Å². The lowest BCUT2D eigenvalue weighted by atomic mass is 9.94. The second kappa shape index (κ2) is 41.5. The van der Waals surface area contributed by atoms with Crippen molar-refractivity contribution in [2.24, 2.45) is 11.8 Å². The van der Waals surface area contributed by atoms with Crippen molar-refractivity contribution in [2.75, 3.05) is 19.6 Å². The quantitative estimate of drug-likeness (QED) is 0.0314. The molecule has 0 aliphatic carbocycles. The molecule has 368 valence electrons. The Morgan fingerprint density at radius 1 is 0.344 bits per heavy atom. The van der Waals surface area contributed by atoms with Crippen molar-refractivity contribution in [2.45, 2.75) is 225 Å². The maximum Gasteiger partial charge on any atom is 0.306 e. The van der Waals surface area contributed by atoms with Gasteiger partial charge in [-0.05, 0) is 70.6 Å². The van der Waals surface area contributed by atoms with E-state index >= 15 is 0 Å². The first kappa shape index (κ1) is 59.8. The van der Waals surface area contributed by atoms with Crippen LogP contribution in [-0.2, 0) is 43.2 Å². The fourth-order valence-electron chi connectivity index (χ4n) is 7.40. The van der Waals surface area contributed by atoms with E-state index in [1.807, 2.05) is 0 Å². The monoisotopic (exact) mass is 908 g/mol. The third-order valence-corrected chi connectivity index (χ3v) is 11.6. The van der Waals surface area contributed by atoms with Crippen LogP contribution in [0.5, 0.6) is 0 Å². The molecule has 0 fully saturated rings. The Morgan fingerprint density at radius 2 is 0.688 bits per heavy atom. The number of Topliss-reactive ketones (excluding diaryl/α,β-unsaturated/α-hetero) is 3. The van der Waals surface area contributed by atoms with Crippen LogP contribution in [0.3, 0.4) is 0 Å². The summed E-state index contributed by atoms with van der Waals surface area (Å²) in [6, 6.07) is 0. The highest BCUT2D eigenvalue weighted by Gasteiger charge is 2.22. The van der Waals surface area contributed by atoms with Crippen LogP contribution >= 0.6 is 0 Å². The van der Waals surface area contributed by atoms with E-state index in [1.54, 1.807) is 6.92 Å². The van der Waals surface area contributed by atoms with Gasteiger partial charge in [-0.1, -0.05) is 90.4 Å². The molecule has 64 heavy (non-hydrogen) atoms. The van der Waals surface area contributed by atoms with Gasteiger partial charge in [-0.3, -0.25) is 43.2 Å². The summed E-state index contributed by atoms with van der Waals surface area (Å²) in [5.41, 5.74) is 0. The van der Waals surface area contributed by atoms with Crippen LogP contribution in [0, 0.1) is 11.8 Å². The first-order valence-electron chi connectivity index (χ1n) is 24.7. The number of nitrogens with one attached hydrogen (secondary N) is 3. The highest BCUT2D eigenvalue weighted by Crippen LogP contribution is 2.17. The van der Waals surface area contributed by atoms with Crippen LogP contribution in [0.2, 0.25) is 0 Å². The molecule has 6 N–H and O–H groups in total. The van der Waals surface area contributed by atoms with Crippen molar-refractivity contribution in [1.82, 2.24) is 16.0 Å². The largest absolute Gasteiger partial charge is 0.481 e. The molecule has 0 saturated carbocycles. The fourth-order valence-corrected chi connectivity index (χ4v) is 7.40. The molecule has 0 spiro atoms. The molecule has 0 saturated heterocycles. The summed E-state index contributed by atoms with van der Waals surface area (Å²) < 4.78 is 0. The van der Waals surface area contributed by atoms with Crippen molar-refractivity contribution in [3.63, 3.8) is 0 Å². The maximum absolute atomic E-state index is 12.5. The summed E-state index contributed by atoms with van der Waals surface area (Å²) in [4.78, 5) is 106. The number of carbonyl (C=O) groups excluding carboxylic acids is 6. The minimum Gasteiger partial charge on any atom is -0.481 e. The van der Waals surface area contributed by atoms with Crippen LogP contribution in [0.15, 0.2) is 0 Å². The van der Waals surface area contributed by atoms with Gasteiger partial charge in [0.2, 0.25) is 17.7 Å². The number of unbranched alkanes of at least 4 members (excludes halogenated alkanes) is 16. The third kappa shape index (κ3) is 40.6. The van der Waals surface area contributed by atoms with Crippen LogP contribution in [0.25, 0.3) is 0 Å². The maximum atomic E-state index is 12.5. The minimum atomic E-state index is -1.08. The molecule has 0 aromatic heterocycles. The number of amides is 3. The standard InChI is InChI=1S/C49H85N3O12/c1-39(48(61)62)24-20-21-35-50-44(56)30-18-16-25-41(53)28-22-36-51-45(57)31-19-17-26-42(54)29-23-37-52-46(58)34-33-40(49(63)64)38-43(55)27-14-12-10-8-6-4-2-3-5-7-9-11-13-15-32-47(59)60/h39-40H,2-38H2,1H3,(H,50,56)(H,51,57)(H,52,58)(H,59,60)(H,61,62)(H,63,64)/t39-,40+/m0/s1. The molecule has 0 aromatic rings. The van der Waals surface area contributed by atoms with Crippen LogP contribution in [-0.4, -0.2) is 87.9 Å². The zero-order valence-corrected chi connectivity index (χ0v) is 39.3. The Morgan fingerprint density at radius 3 is 1.11 bits per heavy atom. The number of rotatable bonds is 47. The van der Waals surface area contributed by atoms with Crippen molar-refractivity contribution in [3.05, 3.63) is 0 Å². The van der Waals surface area contributed by atoms with E-state index in [-0.39, 0.29) is 79.5 Å². The molecule has 2 atom stereocenters. The van der Waals surface area contributed by atoms with Gasteiger partial charge in [-0.25, -0.2) is 0 Å². The molecule has 0 aliphatic rings. The number of carboxylic acid groups (broad SMARTS) is 3. The lowest BCUT2D eigenvalue weighted by Crippen LogP contribution is -2.27. The van der Waals surface area contributed by atoms with E-state index in [2.05, 4.69) is 16.0 Å². The Hall–Kier alpha value is -4.17. The molecule has 0 heterocycles. The number of hydrogen-bond acceptors (Lipinski definition) is 9. The fraction of sp³-hybridized carbons (Fsp3) is 0.816. The topological polar surface area (TPSA) is 250 Å². The third-order valence-electron chi connectivity index (χ3n) is 11.6. The van der Waals surface area contributed by atoms with Gasteiger partial charge >= 0.3 is 17.9 Å². The summed E-state index contributed by atoms with van der Waals surface area (Å²) in [6.07, 6.45) is 23.2. The van der Waals surface area contributed by atoms with E-state index in [1.165, 1.54) is 44.9 Å². The summed E-state index contributed by atoms with van der Waals surface area (Å²) in [6.45, 7) is 2.87. The van der Waals surface area contributed by atoms with E-state index in [9.17, 15) is 48.3 Å². The van der Waals surface area contributed by atoms with Crippen molar-refractivity contribution >= 4 is 53.0 Å². The van der Waals surface area contributed by atoms with Gasteiger partial charge in [0.05, 0.1) is 11.8 Å². The molecule has 0 bridgehead atoms. The molecule has 0 aliphatic heterocycles. The highest BCUT2D eigenvalue weighted by atomic mass is 16.4. The Bertz CT molecular complexity index is 1350. The predicted molar refractivity (Wildman–Crippen MR) is 247 cm³/mol. The van der Waals surface area contributed by atoms with Gasteiger partial charge in [0.1, 0.15) is 17.3 Å². The van der Waals surface area contributed by atoms with Gasteiger partial charge in [0.25, 0.3) is 0 Å². The Kier molecular flexibility index (Phi) is 38.8. The van der Waals surface area contributed by atoms with Crippen molar-refractivity contribution in [1.29, 1.82) is 0 Å². The van der Waals surface area contributed by atoms with Crippen molar-refractivity contribution < 1.29 is 58.5 Å². The number of aliphatic carboxylic acids is 3. The van der Waals surface area contributed by atoms with Gasteiger partial charge < -0.3 is 31.3 Å². The first-order valence-corrected chi connectivity index (χ1v) is 24.7. The van der Waals surface area contributed by atoms with E-state index < -0.39 is 23.8 Å². The number of ketones is 3. The number of carbonyl (C=O) groups is 9. The zero-order chi connectivity index (χ0) is 47.6. The summed E-state index contributed by atoms with van der Waals surface area (Å²) >= 11 is 0. The molecular formula is C49H85N3O12. The van der Waals surface area contributed by atoms with Crippen LogP contribution in [0.1, 0.15) is 225 Å². The average Bonchev–Trinajstić information content (AvgIpc) is 3.24. The van der Waals surface area contributed by atoms with Crippen LogP contribution < -0.4 is 16.0 Å². The normalized spacial score (nSPS) is 12.0. The summed E-state index contributed by atoms with van der Waals surface area (Å²) in [5.74, 6) is -4.34. The van der Waals surface area contributed by atoms with Crippen LogP contribution in [0.4, 0.5) is 0 Å². The molecule has 15 nitrogen and oxygen atoms in total. The number of hydrogen-bond donors (Lipinski definition) is 6. The zero-order valence-electron chi connectivity index (χ0n) is 39.3. The first-order chi connectivity index (χ1) is 30.7. The van der Waals surface area contributed by atoms with Gasteiger partial charge in [-0.15, -0.1) is 0 Å². The van der Waals surface area contributed by atoms with E-state index in [0.717, 1.165) is 57.8 Å². The SMILES string of the molecule is C[C@@H](CCCCNC(=O)CCCCC(=O)CCCNC(=O)CCCCC(=O)CCCNC(=O)CC[C@H](CC(=O)CCCCCCCCCCCCCCCCC(=O)O)C(=O)O)C(=O)O. The molecule has 15 heteroatoms. The highest BCUT2D eigenvalue weighted by molar-refractivity contribution is 5.84. The van der Waals surface area contributed by atoms with Crippen molar-refractivity contribution in [3.8, 4) is 0 Å². The molecule has 0 rings (SSSR count). The Labute approximate surface area is 383 Å².